The predicted molar refractivity (Wildman–Crippen MR) is 104 cm³/mol. The summed E-state index contributed by atoms with van der Waals surface area (Å²) in [5, 5.41) is 0.0768. The van der Waals surface area contributed by atoms with Crippen molar-refractivity contribution in [3.05, 3.63) is 53.6 Å². The minimum Gasteiger partial charge on any atom is -0.485 e. The highest BCUT2D eigenvalue weighted by Gasteiger charge is 2.27. The van der Waals surface area contributed by atoms with E-state index in [9.17, 15) is 18.0 Å². The van der Waals surface area contributed by atoms with E-state index in [1.54, 1.807) is 30.3 Å². The van der Waals surface area contributed by atoms with Crippen molar-refractivity contribution in [2.45, 2.75) is 17.4 Å². The smallest absolute Gasteiger partial charge is 0.283 e. The number of fused-ring (bicyclic) bond motifs is 1. The Hall–Kier alpha value is -2.82. The second-order valence-corrected chi connectivity index (χ2v) is 8.12. The molecule has 154 valence electrons. The van der Waals surface area contributed by atoms with Crippen LogP contribution in [-0.4, -0.2) is 39.5 Å². The molecule has 1 aliphatic rings. The lowest BCUT2D eigenvalue weighted by atomic mass is 10.2. The number of sulfonamides is 1. The van der Waals surface area contributed by atoms with E-state index in [-0.39, 0.29) is 29.5 Å². The Morgan fingerprint density at radius 2 is 1.72 bits per heavy atom. The van der Waals surface area contributed by atoms with Crippen molar-refractivity contribution in [3.8, 4) is 11.5 Å². The molecule has 3 N–H and O–H groups in total. The van der Waals surface area contributed by atoms with Crippen LogP contribution >= 0.6 is 11.6 Å². The monoisotopic (exact) mass is 439 g/mol. The predicted octanol–water partition coefficient (Wildman–Crippen LogP) is 0.996. The number of amides is 2. The molecule has 0 saturated carbocycles. The van der Waals surface area contributed by atoms with Gasteiger partial charge in [-0.2, -0.15) is 0 Å². The fraction of sp³-hybridized carbons (Fsp3) is 0.222. The van der Waals surface area contributed by atoms with Gasteiger partial charge in [0, 0.05) is 13.0 Å². The number of rotatable bonds is 6. The van der Waals surface area contributed by atoms with E-state index in [1.165, 1.54) is 18.2 Å². The van der Waals surface area contributed by atoms with Crippen LogP contribution in [0.3, 0.4) is 0 Å². The highest BCUT2D eigenvalue weighted by atomic mass is 35.5. The van der Waals surface area contributed by atoms with Crippen molar-refractivity contribution in [1.29, 1.82) is 0 Å². The van der Waals surface area contributed by atoms with Crippen LogP contribution in [0.1, 0.15) is 6.42 Å². The summed E-state index contributed by atoms with van der Waals surface area (Å²) in [6.45, 7) is -0.179. The number of carbonyl (C=O) groups is 2. The first-order valence-electron chi connectivity index (χ1n) is 8.58. The Kier molecular flexibility index (Phi) is 6.57. The zero-order chi connectivity index (χ0) is 20.9. The number of hydrogen-bond donors (Lipinski definition) is 3. The molecule has 0 saturated heterocycles. The molecular weight excluding hydrogens is 422 g/mol. The van der Waals surface area contributed by atoms with Gasteiger partial charge in [0.25, 0.3) is 5.91 Å². The Morgan fingerprint density at radius 3 is 2.48 bits per heavy atom. The second kappa shape index (κ2) is 9.12. The van der Waals surface area contributed by atoms with E-state index in [1.807, 2.05) is 0 Å². The van der Waals surface area contributed by atoms with Gasteiger partial charge in [-0.3, -0.25) is 20.4 Å². The maximum Gasteiger partial charge on any atom is 0.283 e. The maximum absolute atomic E-state index is 12.2. The molecule has 2 aromatic rings. The summed E-state index contributed by atoms with van der Waals surface area (Å²) in [5.74, 6) is -0.215. The molecule has 1 aliphatic heterocycles. The molecule has 29 heavy (non-hydrogen) atoms. The van der Waals surface area contributed by atoms with Crippen LogP contribution in [0.25, 0.3) is 0 Å². The second-order valence-electron chi connectivity index (χ2n) is 5.98. The molecule has 3 rings (SSSR count). The van der Waals surface area contributed by atoms with Crippen LogP contribution in [0.15, 0.2) is 53.4 Å². The molecule has 0 fully saturated rings. The maximum atomic E-state index is 12.2. The van der Waals surface area contributed by atoms with Crippen molar-refractivity contribution in [3.63, 3.8) is 0 Å². The lowest BCUT2D eigenvalue weighted by Crippen LogP contribution is -2.51. The lowest BCUT2D eigenvalue weighted by Gasteiger charge is -2.25. The number of nitrogens with one attached hydrogen (secondary N) is 3. The van der Waals surface area contributed by atoms with Gasteiger partial charge in [0.05, 0.1) is 5.02 Å². The van der Waals surface area contributed by atoms with Gasteiger partial charge in [0.15, 0.2) is 11.5 Å². The van der Waals surface area contributed by atoms with Gasteiger partial charge in [0.1, 0.15) is 11.5 Å². The Labute approximate surface area is 172 Å². The van der Waals surface area contributed by atoms with Crippen LogP contribution in [-0.2, 0) is 19.6 Å². The third-order valence-corrected chi connectivity index (χ3v) is 5.86. The van der Waals surface area contributed by atoms with E-state index >= 15 is 0 Å². The summed E-state index contributed by atoms with van der Waals surface area (Å²) in [5.41, 5.74) is 4.44. The fourth-order valence-corrected chi connectivity index (χ4v) is 4.01. The molecular formula is C18H18ClN3O6S. The first-order valence-corrected chi connectivity index (χ1v) is 10.4. The quantitative estimate of drug-likeness (QED) is 0.577. The third-order valence-electron chi connectivity index (χ3n) is 3.90. The summed E-state index contributed by atoms with van der Waals surface area (Å²) >= 11 is 5.87. The van der Waals surface area contributed by atoms with Gasteiger partial charge in [-0.15, -0.1) is 0 Å². The van der Waals surface area contributed by atoms with Crippen LogP contribution in [0.4, 0.5) is 0 Å². The molecule has 1 atom stereocenters. The van der Waals surface area contributed by atoms with Gasteiger partial charge < -0.3 is 9.47 Å². The first-order chi connectivity index (χ1) is 13.9. The number of para-hydroxylation sites is 2. The summed E-state index contributed by atoms with van der Waals surface area (Å²) in [7, 11) is -3.85. The molecule has 1 unspecified atom stereocenters. The molecule has 2 amide bonds. The molecule has 0 bridgehead atoms. The van der Waals surface area contributed by atoms with Crippen molar-refractivity contribution >= 4 is 33.4 Å². The Morgan fingerprint density at radius 1 is 1.03 bits per heavy atom. The molecule has 0 aliphatic carbocycles. The zero-order valence-electron chi connectivity index (χ0n) is 15.1. The average Bonchev–Trinajstić information content (AvgIpc) is 2.71. The number of hydrazine groups is 1. The Bertz CT molecular complexity index is 1010. The number of carbonyl (C=O) groups excluding carboxylic acids is 2. The van der Waals surface area contributed by atoms with Gasteiger partial charge in [0.2, 0.25) is 22.0 Å². The largest absolute Gasteiger partial charge is 0.485 e. The van der Waals surface area contributed by atoms with E-state index in [0.29, 0.717) is 11.5 Å². The topological polar surface area (TPSA) is 123 Å². The minimum absolute atomic E-state index is 0.00362. The third kappa shape index (κ3) is 5.37. The summed E-state index contributed by atoms with van der Waals surface area (Å²) in [6, 6.07) is 12.9. The van der Waals surface area contributed by atoms with Crippen molar-refractivity contribution in [2.75, 3.05) is 13.2 Å². The fourth-order valence-electron chi connectivity index (χ4n) is 2.46. The van der Waals surface area contributed by atoms with Crippen LogP contribution in [0, 0.1) is 0 Å². The van der Waals surface area contributed by atoms with Gasteiger partial charge >= 0.3 is 0 Å². The summed E-state index contributed by atoms with van der Waals surface area (Å²) < 4.78 is 37.6. The van der Waals surface area contributed by atoms with Crippen molar-refractivity contribution in [1.82, 2.24) is 15.6 Å². The highest BCUT2D eigenvalue weighted by molar-refractivity contribution is 7.89. The number of hydrogen-bond acceptors (Lipinski definition) is 6. The standard InChI is InChI=1S/C18H18ClN3O6S/c19-12-5-1-4-8-16(12)29(25,26)20-10-9-17(23)21-22-18(24)15-11-27-13-6-2-3-7-14(13)28-15/h1-8,15,20H,9-11H2,(H,21,23)(H,22,24). The van der Waals surface area contributed by atoms with Crippen LogP contribution in [0.2, 0.25) is 5.02 Å². The molecule has 0 aromatic heterocycles. The summed E-state index contributed by atoms with van der Waals surface area (Å²) in [6.07, 6.45) is -1.13. The number of ether oxygens (including phenoxy) is 2. The molecule has 1 heterocycles. The number of halogens is 1. The molecule has 0 spiro atoms. The normalized spacial score (nSPS) is 15.4. The molecule has 11 heteroatoms. The highest BCUT2D eigenvalue weighted by Crippen LogP contribution is 2.30. The minimum atomic E-state index is -3.85. The number of benzene rings is 2. The van der Waals surface area contributed by atoms with E-state index in [0.717, 1.165) is 0 Å². The van der Waals surface area contributed by atoms with E-state index < -0.39 is 27.9 Å². The van der Waals surface area contributed by atoms with Gasteiger partial charge in [-0.05, 0) is 24.3 Å². The lowest BCUT2D eigenvalue weighted by molar-refractivity contribution is -0.135. The van der Waals surface area contributed by atoms with Crippen molar-refractivity contribution in [2.24, 2.45) is 0 Å². The zero-order valence-corrected chi connectivity index (χ0v) is 16.6. The molecule has 0 radical (unpaired) electrons. The van der Waals surface area contributed by atoms with Crippen LogP contribution < -0.4 is 25.0 Å². The van der Waals surface area contributed by atoms with Crippen LogP contribution in [0.5, 0.6) is 11.5 Å². The van der Waals surface area contributed by atoms with Gasteiger partial charge in [-0.25, -0.2) is 13.1 Å². The van der Waals surface area contributed by atoms with E-state index in [2.05, 4.69) is 15.6 Å². The molecule has 9 nitrogen and oxygen atoms in total. The summed E-state index contributed by atoms with van der Waals surface area (Å²) in [4.78, 5) is 23.9. The first kappa shape index (κ1) is 20.9. The SMILES string of the molecule is O=C(CCNS(=O)(=O)c1ccccc1Cl)NNC(=O)C1COc2ccccc2O1. The molecule has 2 aromatic carbocycles. The van der Waals surface area contributed by atoms with Crippen molar-refractivity contribution < 1.29 is 27.5 Å². The van der Waals surface area contributed by atoms with E-state index in [4.69, 9.17) is 21.1 Å². The van der Waals surface area contributed by atoms with Gasteiger partial charge in [-0.1, -0.05) is 35.9 Å². The average molecular weight is 440 g/mol. The Balaban J connectivity index is 1.42.